The summed E-state index contributed by atoms with van der Waals surface area (Å²) in [4.78, 5) is 14.8. The Morgan fingerprint density at radius 2 is 2.00 bits per heavy atom. The smallest absolute Gasteiger partial charge is 0.292 e. The van der Waals surface area contributed by atoms with Gasteiger partial charge < -0.3 is 5.73 Å². The summed E-state index contributed by atoms with van der Waals surface area (Å²) in [7, 11) is 0. The third-order valence-electron chi connectivity index (χ3n) is 3.04. The maximum absolute atomic E-state index is 11.1. The Morgan fingerprint density at radius 1 is 1.33 bits per heavy atom. The van der Waals surface area contributed by atoms with Crippen LogP contribution in [0.1, 0.15) is 25.5 Å². The zero-order valence-corrected chi connectivity index (χ0v) is 10.3. The maximum atomic E-state index is 11.1. The summed E-state index contributed by atoms with van der Waals surface area (Å²) in [6.07, 6.45) is 1.29. The fraction of sp³-hybridized carbons (Fsp3) is 0.308. The van der Waals surface area contributed by atoms with E-state index in [0.717, 1.165) is 10.9 Å². The normalized spacial score (nSPS) is 12.9. The van der Waals surface area contributed by atoms with Gasteiger partial charge in [0.05, 0.1) is 16.0 Å². The van der Waals surface area contributed by atoms with Crippen molar-refractivity contribution in [1.29, 1.82) is 0 Å². The average Bonchev–Trinajstić information content (AvgIpc) is 2.36. The van der Waals surface area contributed by atoms with Crippen LogP contribution in [0.4, 0.5) is 5.69 Å². The highest BCUT2D eigenvalue weighted by Crippen LogP contribution is 2.33. The van der Waals surface area contributed by atoms with Gasteiger partial charge in [-0.25, -0.2) is 4.98 Å². The largest absolute Gasteiger partial charge is 0.323 e. The topological polar surface area (TPSA) is 82.0 Å². The quantitative estimate of drug-likeness (QED) is 0.665. The fourth-order valence-corrected chi connectivity index (χ4v) is 1.98. The van der Waals surface area contributed by atoms with E-state index >= 15 is 0 Å². The molecule has 1 atom stereocenters. The standard InChI is InChI=1S/C13H15N3O2/c1-8(2)13(14)12-9-5-3-4-6-10(9)15-7-11(12)16(17)18/h3-8,13H,14H2,1-2H3. The molecule has 0 aliphatic rings. The van der Waals surface area contributed by atoms with E-state index in [4.69, 9.17) is 5.73 Å². The van der Waals surface area contributed by atoms with Gasteiger partial charge in [-0.3, -0.25) is 10.1 Å². The number of nitrogens with two attached hydrogens (primary N) is 1. The van der Waals surface area contributed by atoms with Gasteiger partial charge in [0.15, 0.2) is 0 Å². The molecule has 0 aliphatic carbocycles. The Labute approximate surface area is 105 Å². The average molecular weight is 245 g/mol. The lowest BCUT2D eigenvalue weighted by Gasteiger charge is -2.17. The molecule has 0 amide bonds. The van der Waals surface area contributed by atoms with Crippen molar-refractivity contribution >= 4 is 16.6 Å². The summed E-state index contributed by atoms with van der Waals surface area (Å²) in [5.74, 6) is 0.120. The first-order valence-electron chi connectivity index (χ1n) is 5.80. The molecule has 5 nitrogen and oxygen atoms in total. The molecule has 2 aromatic rings. The Morgan fingerprint density at radius 3 is 2.61 bits per heavy atom. The predicted octanol–water partition coefficient (Wildman–Crippen LogP) is 2.80. The summed E-state index contributed by atoms with van der Waals surface area (Å²) >= 11 is 0. The van der Waals surface area contributed by atoms with Crippen molar-refractivity contribution in [3.05, 3.63) is 46.1 Å². The molecule has 2 N–H and O–H groups in total. The second-order valence-corrected chi connectivity index (χ2v) is 4.60. The van der Waals surface area contributed by atoms with Crippen molar-refractivity contribution in [3.8, 4) is 0 Å². The number of nitrogens with zero attached hydrogens (tertiary/aromatic N) is 2. The number of nitro groups is 1. The van der Waals surface area contributed by atoms with Crippen molar-refractivity contribution in [2.75, 3.05) is 0 Å². The Bertz CT molecular complexity index is 596. The van der Waals surface area contributed by atoms with Gasteiger partial charge >= 0.3 is 0 Å². The minimum Gasteiger partial charge on any atom is -0.323 e. The van der Waals surface area contributed by atoms with Gasteiger partial charge in [0.25, 0.3) is 5.69 Å². The first kappa shape index (κ1) is 12.4. The van der Waals surface area contributed by atoms with E-state index in [0.29, 0.717) is 5.56 Å². The second kappa shape index (κ2) is 4.70. The van der Waals surface area contributed by atoms with E-state index in [2.05, 4.69) is 4.98 Å². The van der Waals surface area contributed by atoms with E-state index in [1.54, 1.807) is 0 Å². The van der Waals surface area contributed by atoms with Crippen molar-refractivity contribution in [1.82, 2.24) is 4.98 Å². The number of rotatable bonds is 3. The SMILES string of the molecule is CC(C)C(N)c1c([N+](=O)[O-])cnc2ccccc12. The van der Waals surface area contributed by atoms with Crippen molar-refractivity contribution < 1.29 is 4.92 Å². The van der Waals surface area contributed by atoms with Crippen molar-refractivity contribution in [2.24, 2.45) is 11.7 Å². The van der Waals surface area contributed by atoms with Crippen LogP contribution in [0.25, 0.3) is 10.9 Å². The molecule has 0 fully saturated rings. The molecule has 94 valence electrons. The molecule has 1 aromatic carbocycles. The first-order valence-corrected chi connectivity index (χ1v) is 5.80. The number of benzene rings is 1. The van der Waals surface area contributed by atoms with Gasteiger partial charge in [0.1, 0.15) is 6.20 Å². The molecule has 0 spiro atoms. The molecule has 0 saturated heterocycles. The zero-order valence-electron chi connectivity index (χ0n) is 10.3. The number of hydrogen-bond acceptors (Lipinski definition) is 4. The zero-order chi connectivity index (χ0) is 13.3. The summed E-state index contributed by atoms with van der Waals surface area (Å²) in [5, 5.41) is 11.9. The predicted molar refractivity (Wildman–Crippen MR) is 70.2 cm³/mol. The summed E-state index contributed by atoms with van der Waals surface area (Å²) in [5.41, 5.74) is 7.41. The molecule has 0 radical (unpaired) electrons. The van der Waals surface area contributed by atoms with E-state index in [9.17, 15) is 10.1 Å². The Hall–Kier alpha value is -2.01. The van der Waals surface area contributed by atoms with Crippen LogP contribution in [0.2, 0.25) is 0 Å². The Kier molecular flexibility index (Phi) is 3.25. The lowest BCUT2D eigenvalue weighted by molar-refractivity contribution is -0.386. The lowest BCUT2D eigenvalue weighted by atomic mass is 9.93. The number of pyridine rings is 1. The number of para-hydroxylation sites is 1. The molecule has 1 unspecified atom stereocenters. The molecule has 1 heterocycles. The second-order valence-electron chi connectivity index (χ2n) is 4.60. The van der Waals surface area contributed by atoms with Gasteiger partial charge in [-0.05, 0) is 12.0 Å². The van der Waals surface area contributed by atoms with Gasteiger partial charge in [-0.1, -0.05) is 32.0 Å². The number of aromatic nitrogens is 1. The van der Waals surface area contributed by atoms with E-state index in [1.165, 1.54) is 6.20 Å². The third kappa shape index (κ3) is 2.04. The van der Waals surface area contributed by atoms with Gasteiger partial charge in [-0.15, -0.1) is 0 Å². The fourth-order valence-electron chi connectivity index (χ4n) is 1.98. The minimum absolute atomic E-state index is 0.00472. The van der Waals surface area contributed by atoms with Crippen LogP contribution in [-0.4, -0.2) is 9.91 Å². The molecule has 0 aliphatic heterocycles. The van der Waals surface area contributed by atoms with E-state index in [-0.39, 0.29) is 17.6 Å². The Balaban J connectivity index is 2.78. The summed E-state index contributed by atoms with van der Waals surface area (Å²) < 4.78 is 0. The first-order chi connectivity index (χ1) is 8.52. The van der Waals surface area contributed by atoms with Crippen LogP contribution in [0.3, 0.4) is 0 Å². The van der Waals surface area contributed by atoms with Crippen molar-refractivity contribution in [2.45, 2.75) is 19.9 Å². The van der Waals surface area contributed by atoms with Crippen LogP contribution >= 0.6 is 0 Å². The van der Waals surface area contributed by atoms with Crippen LogP contribution in [-0.2, 0) is 0 Å². The highest BCUT2D eigenvalue weighted by molar-refractivity contribution is 5.85. The molecule has 18 heavy (non-hydrogen) atoms. The number of hydrogen-bond donors (Lipinski definition) is 1. The van der Waals surface area contributed by atoms with Crippen LogP contribution in [0.5, 0.6) is 0 Å². The van der Waals surface area contributed by atoms with Gasteiger partial charge in [0.2, 0.25) is 0 Å². The highest BCUT2D eigenvalue weighted by Gasteiger charge is 2.24. The van der Waals surface area contributed by atoms with E-state index in [1.807, 2.05) is 38.1 Å². The monoisotopic (exact) mass is 245 g/mol. The van der Waals surface area contributed by atoms with Crippen LogP contribution in [0.15, 0.2) is 30.5 Å². The molecule has 1 aromatic heterocycles. The van der Waals surface area contributed by atoms with Crippen LogP contribution < -0.4 is 5.73 Å². The maximum Gasteiger partial charge on any atom is 0.292 e. The highest BCUT2D eigenvalue weighted by atomic mass is 16.6. The molecule has 2 rings (SSSR count). The molecule has 5 heteroatoms. The van der Waals surface area contributed by atoms with Gasteiger partial charge in [-0.2, -0.15) is 0 Å². The minimum atomic E-state index is -0.420. The summed E-state index contributed by atoms with van der Waals surface area (Å²) in [6, 6.07) is 6.97. The van der Waals surface area contributed by atoms with E-state index < -0.39 is 4.92 Å². The lowest BCUT2D eigenvalue weighted by Crippen LogP contribution is -2.18. The molecular weight excluding hydrogens is 230 g/mol. The van der Waals surface area contributed by atoms with Gasteiger partial charge in [0, 0.05) is 11.4 Å². The molecule has 0 saturated carbocycles. The van der Waals surface area contributed by atoms with Crippen LogP contribution in [0, 0.1) is 16.0 Å². The number of fused-ring (bicyclic) bond motifs is 1. The summed E-state index contributed by atoms with van der Waals surface area (Å²) in [6.45, 7) is 3.90. The third-order valence-corrected chi connectivity index (χ3v) is 3.04. The van der Waals surface area contributed by atoms with Crippen molar-refractivity contribution in [3.63, 3.8) is 0 Å². The molecule has 0 bridgehead atoms. The molecular formula is C13H15N3O2.